The Balaban J connectivity index is 2.04. The Morgan fingerprint density at radius 3 is 2.68 bits per heavy atom. The molecule has 4 rings (SSSR count). The molecular weight excluding hydrogens is 252 g/mol. The van der Waals surface area contributed by atoms with Crippen molar-refractivity contribution in [3.05, 3.63) is 0 Å². The molecule has 0 amide bonds. The lowest BCUT2D eigenvalue weighted by Crippen LogP contribution is -2.69. The normalized spacial score (nSPS) is 51.4. The SMILES string of the molecule is COC(=O)[C@@H]1[C@@H](OC)[C@@H]2C[C@H]3CO[C@](OC)([C@H]31)[C@H]2O. The number of methoxy groups -OCH3 is 3. The van der Waals surface area contributed by atoms with Gasteiger partial charge in [-0.25, -0.2) is 0 Å². The van der Waals surface area contributed by atoms with Gasteiger partial charge in [0.25, 0.3) is 0 Å². The number of ether oxygens (including phenoxy) is 4. The topological polar surface area (TPSA) is 74.2 Å². The molecule has 1 heterocycles. The fourth-order valence-electron chi connectivity index (χ4n) is 4.42. The van der Waals surface area contributed by atoms with Gasteiger partial charge in [-0.15, -0.1) is 0 Å². The highest BCUT2D eigenvalue weighted by Gasteiger charge is 2.72. The molecule has 0 radical (unpaired) electrons. The van der Waals surface area contributed by atoms with Crippen LogP contribution >= 0.6 is 0 Å². The van der Waals surface area contributed by atoms with Gasteiger partial charge in [0.05, 0.1) is 25.7 Å². The van der Waals surface area contributed by atoms with Gasteiger partial charge in [0.15, 0.2) is 5.79 Å². The van der Waals surface area contributed by atoms with E-state index in [4.69, 9.17) is 18.9 Å². The van der Waals surface area contributed by atoms with E-state index >= 15 is 0 Å². The van der Waals surface area contributed by atoms with Crippen LogP contribution < -0.4 is 0 Å². The lowest BCUT2D eigenvalue weighted by Gasteiger charge is -2.56. The van der Waals surface area contributed by atoms with Gasteiger partial charge < -0.3 is 24.1 Å². The molecule has 0 unspecified atom stereocenters. The third-order valence-electron chi connectivity index (χ3n) is 5.12. The number of hydrogen-bond acceptors (Lipinski definition) is 6. The van der Waals surface area contributed by atoms with Gasteiger partial charge in [-0.1, -0.05) is 0 Å². The minimum atomic E-state index is -1.08. The molecule has 3 saturated carbocycles. The van der Waals surface area contributed by atoms with Crippen LogP contribution in [0.3, 0.4) is 0 Å². The summed E-state index contributed by atoms with van der Waals surface area (Å²) in [7, 11) is 4.45. The third kappa shape index (κ3) is 1.48. The molecule has 4 fully saturated rings. The minimum absolute atomic E-state index is 0.161. The van der Waals surface area contributed by atoms with Crippen molar-refractivity contribution in [1.82, 2.24) is 0 Å². The van der Waals surface area contributed by atoms with E-state index in [1.165, 1.54) is 14.2 Å². The average Bonchev–Trinajstić information content (AvgIpc) is 2.77. The first-order valence-corrected chi connectivity index (χ1v) is 6.58. The van der Waals surface area contributed by atoms with Gasteiger partial charge in [0.2, 0.25) is 0 Å². The summed E-state index contributed by atoms with van der Waals surface area (Å²) >= 11 is 0. The van der Waals surface area contributed by atoms with Crippen molar-refractivity contribution >= 4 is 5.97 Å². The maximum Gasteiger partial charge on any atom is 0.311 e. The molecule has 4 bridgehead atoms. The zero-order valence-electron chi connectivity index (χ0n) is 11.4. The third-order valence-corrected chi connectivity index (χ3v) is 5.12. The van der Waals surface area contributed by atoms with Gasteiger partial charge >= 0.3 is 5.97 Å². The number of hydrogen-bond donors (Lipinski definition) is 1. The van der Waals surface area contributed by atoms with Crippen molar-refractivity contribution in [3.8, 4) is 0 Å². The Kier molecular flexibility index (Phi) is 3.09. The van der Waals surface area contributed by atoms with Crippen molar-refractivity contribution in [2.24, 2.45) is 23.7 Å². The van der Waals surface area contributed by atoms with Crippen LogP contribution in [0.5, 0.6) is 0 Å². The molecule has 108 valence electrons. The average molecular weight is 272 g/mol. The number of rotatable bonds is 3. The van der Waals surface area contributed by atoms with Gasteiger partial charge in [-0.3, -0.25) is 4.79 Å². The Morgan fingerprint density at radius 2 is 2.11 bits per heavy atom. The second-order valence-electron chi connectivity index (χ2n) is 5.62. The van der Waals surface area contributed by atoms with Gasteiger partial charge in [-0.05, 0) is 12.3 Å². The summed E-state index contributed by atoms with van der Waals surface area (Å²) in [4.78, 5) is 12.1. The number of carbonyl (C=O) groups excluding carboxylic acids is 1. The lowest BCUT2D eigenvalue weighted by molar-refractivity contribution is -0.326. The number of aliphatic hydroxyl groups excluding tert-OH is 1. The minimum Gasteiger partial charge on any atom is -0.469 e. The van der Waals surface area contributed by atoms with Crippen molar-refractivity contribution in [2.45, 2.75) is 24.4 Å². The second kappa shape index (κ2) is 4.41. The zero-order valence-corrected chi connectivity index (χ0v) is 11.4. The molecule has 1 N–H and O–H groups in total. The Labute approximate surface area is 112 Å². The van der Waals surface area contributed by atoms with Crippen LogP contribution in [0.15, 0.2) is 0 Å². The largest absolute Gasteiger partial charge is 0.469 e. The number of carbonyl (C=O) groups is 1. The van der Waals surface area contributed by atoms with Crippen LogP contribution in [0.25, 0.3) is 0 Å². The van der Waals surface area contributed by atoms with E-state index in [9.17, 15) is 9.90 Å². The summed E-state index contributed by atoms with van der Waals surface area (Å²) < 4.78 is 21.6. The molecule has 0 aromatic carbocycles. The fraction of sp³-hybridized carbons (Fsp3) is 0.923. The maximum absolute atomic E-state index is 12.1. The summed E-state index contributed by atoms with van der Waals surface area (Å²) in [5, 5.41) is 10.5. The van der Waals surface area contributed by atoms with Crippen LogP contribution in [-0.2, 0) is 23.7 Å². The molecule has 6 heteroatoms. The van der Waals surface area contributed by atoms with E-state index < -0.39 is 17.8 Å². The van der Waals surface area contributed by atoms with Crippen molar-refractivity contribution in [1.29, 1.82) is 0 Å². The molecule has 1 aliphatic heterocycles. The first kappa shape index (κ1) is 13.3. The van der Waals surface area contributed by atoms with Gasteiger partial charge in [0.1, 0.15) is 6.10 Å². The van der Waals surface area contributed by atoms with Crippen molar-refractivity contribution < 1.29 is 28.8 Å². The maximum atomic E-state index is 12.1. The Bertz CT molecular complexity index is 385. The van der Waals surface area contributed by atoms with E-state index in [0.717, 1.165) is 6.42 Å². The molecule has 19 heavy (non-hydrogen) atoms. The predicted molar refractivity (Wildman–Crippen MR) is 63.1 cm³/mol. The first-order chi connectivity index (χ1) is 9.10. The van der Waals surface area contributed by atoms with Crippen molar-refractivity contribution in [2.75, 3.05) is 27.9 Å². The van der Waals surface area contributed by atoms with E-state index in [-0.39, 0.29) is 29.8 Å². The van der Waals surface area contributed by atoms with Crippen LogP contribution in [0, 0.1) is 23.7 Å². The van der Waals surface area contributed by atoms with Crippen LogP contribution in [0.1, 0.15) is 6.42 Å². The highest BCUT2D eigenvalue weighted by Crippen LogP contribution is 2.60. The van der Waals surface area contributed by atoms with Crippen LogP contribution in [-0.4, -0.2) is 57.0 Å². The highest BCUT2D eigenvalue weighted by molar-refractivity contribution is 5.74. The van der Waals surface area contributed by atoms with E-state index in [1.807, 2.05) is 0 Å². The first-order valence-electron chi connectivity index (χ1n) is 6.58. The Morgan fingerprint density at radius 1 is 1.37 bits per heavy atom. The highest BCUT2D eigenvalue weighted by atomic mass is 16.7. The number of aliphatic hydroxyl groups is 1. The van der Waals surface area contributed by atoms with E-state index in [2.05, 4.69) is 0 Å². The number of esters is 1. The van der Waals surface area contributed by atoms with Gasteiger partial charge in [-0.2, -0.15) is 0 Å². The van der Waals surface area contributed by atoms with Crippen molar-refractivity contribution in [3.63, 3.8) is 0 Å². The van der Waals surface area contributed by atoms with E-state index in [0.29, 0.717) is 6.61 Å². The van der Waals surface area contributed by atoms with Crippen LogP contribution in [0.2, 0.25) is 0 Å². The van der Waals surface area contributed by atoms with Crippen LogP contribution in [0.4, 0.5) is 0 Å². The van der Waals surface area contributed by atoms with Gasteiger partial charge in [0, 0.05) is 26.1 Å². The standard InChI is InChI=1S/C13H20O6/c1-16-10-7-4-6-5-19-13(18-3,11(7)14)9(6)8(10)12(15)17-2/h6-11,14H,4-5H2,1-3H3/t6-,7-,8-,9+,10-,11-,13+/m0/s1. The second-order valence-corrected chi connectivity index (χ2v) is 5.62. The molecule has 3 aliphatic carbocycles. The summed E-state index contributed by atoms with van der Waals surface area (Å²) in [5.41, 5.74) is 0. The molecule has 0 aromatic heterocycles. The van der Waals surface area contributed by atoms with E-state index in [1.54, 1.807) is 7.11 Å². The molecule has 4 aliphatic rings. The molecular formula is C13H20O6. The molecule has 0 aromatic rings. The fourth-order valence-corrected chi connectivity index (χ4v) is 4.42. The molecule has 1 saturated heterocycles. The lowest BCUT2D eigenvalue weighted by atomic mass is 9.55. The summed E-state index contributed by atoms with van der Waals surface area (Å²) in [5.74, 6) is -2.00. The summed E-state index contributed by atoms with van der Waals surface area (Å²) in [6, 6.07) is 0. The molecule has 6 nitrogen and oxygen atoms in total. The smallest absolute Gasteiger partial charge is 0.311 e. The quantitative estimate of drug-likeness (QED) is 0.717. The predicted octanol–water partition coefficient (Wildman–Crippen LogP) is -0.210. The monoisotopic (exact) mass is 272 g/mol. The molecule has 7 atom stereocenters. The summed E-state index contributed by atoms with van der Waals surface area (Å²) in [6.07, 6.45) is -0.316. The Hall–Kier alpha value is -0.690. The summed E-state index contributed by atoms with van der Waals surface area (Å²) in [6.45, 7) is 0.510. The number of fused-ring (bicyclic) bond motifs is 1. The molecule has 0 spiro atoms. The zero-order chi connectivity index (χ0) is 13.8.